The van der Waals surface area contributed by atoms with Gasteiger partial charge in [-0.25, -0.2) is 4.79 Å². The van der Waals surface area contributed by atoms with Crippen molar-refractivity contribution < 1.29 is 34.5 Å². The Morgan fingerprint density at radius 3 is 0.889 bits per heavy atom. The Hall–Kier alpha value is -0.267. The van der Waals surface area contributed by atoms with Crippen molar-refractivity contribution in [2.24, 2.45) is 0 Å². The zero-order chi connectivity index (χ0) is 3.58. The molecule has 0 bridgehead atoms. The normalized spacial score (nSPS) is 2.67. The van der Waals surface area contributed by atoms with Crippen LogP contribution in [-0.2, 0) is 19.5 Å². The van der Waals surface area contributed by atoms with Crippen LogP contribution in [0.2, 0.25) is 0 Å². The molecule has 0 heterocycles. The largest absolute Gasteiger partial charge is 0.503 e. The van der Waals surface area contributed by atoms with Crippen molar-refractivity contribution in [1.29, 1.82) is 0 Å². The SMILES string of the molecule is N.N.N.N.O=C(O)O.[Zn]. The van der Waals surface area contributed by atoms with Crippen LogP contribution in [0.5, 0.6) is 0 Å². The molecule has 0 aromatic carbocycles. The summed E-state index contributed by atoms with van der Waals surface area (Å²) in [5.74, 6) is 0. The van der Waals surface area contributed by atoms with E-state index >= 15 is 0 Å². The maximum atomic E-state index is 8.56. The number of carboxylic acid groups (broad SMARTS) is 2. The van der Waals surface area contributed by atoms with Gasteiger partial charge in [0.05, 0.1) is 0 Å². The van der Waals surface area contributed by atoms with Crippen molar-refractivity contribution in [2.45, 2.75) is 0 Å². The average molecular weight is 196 g/mol. The van der Waals surface area contributed by atoms with Crippen LogP contribution in [0.15, 0.2) is 0 Å². The first-order valence-corrected chi connectivity index (χ1v) is 0.651. The van der Waals surface area contributed by atoms with Crippen LogP contribution in [0.25, 0.3) is 0 Å². The van der Waals surface area contributed by atoms with Crippen molar-refractivity contribution in [3.8, 4) is 0 Å². The van der Waals surface area contributed by atoms with Gasteiger partial charge in [0, 0.05) is 19.5 Å². The summed E-state index contributed by atoms with van der Waals surface area (Å²) in [6.45, 7) is 0. The third kappa shape index (κ3) is 3580. The van der Waals surface area contributed by atoms with E-state index in [2.05, 4.69) is 0 Å². The van der Waals surface area contributed by atoms with Crippen LogP contribution in [0.1, 0.15) is 0 Å². The second-order valence-electron chi connectivity index (χ2n) is 0.283. The Morgan fingerprint density at radius 2 is 0.889 bits per heavy atom. The van der Waals surface area contributed by atoms with Crippen molar-refractivity contribution in [3.05, 3.63) is 0 Å². The summed E-state index contributed by atoms with van der Waals surface area (Å²) in [4.78, 5) is 8.56. The molecule has 7 nitrogen and oxygen atoms in total. The molecule has 9 heavy (non-hydrogen) atoms. The molecule has 0 aromatic heterocycles. The van der Waals surface area contributed by atoms with E-state index in [-0.39, 0.29) is 44.1 Å². The number of hydrogen-bond acceptors (Lipinski definition) is 5. The average Bonchev–Trinajstić information content (AvgIpc) is 0.811. The molecule has 0 amide bonds. The van der Waals surface area contributed by atoms with Gasteiger partial charge in [0.15, 0.2) is 0 Å². The Labute approximate surface area is 65.9 Å². The molecule has 0 aliphatic heterocycles. The first kappa shape index (κ1) is 69.9. The Morgan fingerprint density at radius 1 is 0.889 bits per heavy atom. The fourth-order valence-electron chi connectivity index (χ4n) is 0. The fourth-order valence-corrected chi connectivity index (χ4v) is 0. The molecule has 0 saturated heterocycles. The van der Waals surface area contributed by atoms with Crippen LogP contribution < -0.4 is 24.6 Å². The summed E-state index contributed by atoms with van der Waals surface area (Å²) < 4.78 is 0. The molecule has 0 radical (unpaired) electrons. The summed E-state index contributed by atoms with van der Waals surface area (Å²) in [5.41, 5.74) is 0. The number of hydrogen-bond donors (Lipinski definition) is 6. The van der Waals surface area contributed by atoms with E-state index in [1.54, 1.807) is 0 Å². The van der Waals surface area contributed by atoms with Crippen molar-refractivity contribution >= 4 is 6.16 Å². The van der Waals surface area contributed by atoms with E-state index in [0.717, 1.165) is 0 Å². The summed E-state index contributed by atoms with van der Waals surface area (Å²) in [5, 5.41) is 13.9. The summed E-state index contributed by atoms with van der Waals surface area (Å²) >= 11 is 0. The zero-order valence-corrected chi connectivity index (χ0v) is 8.31. The van der Waals surface area contributed by atoms with Gasteiger partial charge >= 0.3 is 6.16 Å². The quantitative estimate of drug-likeness (QED) is 0.308. The van der Waals surface area contributed by atoms with E-state index < -0.39 is 6.16 Å². The van der Waals surface area contributed by atoms with Gasteiger partial charge in [0.1, 0.15) is 0 Å². The van der Waals surface area contributed by atoms with Gasteiger partial charge in [-0.2, -0.15) is 0 Å². The van der Waals surface area contributed by atoms with Crippen molar-refractivity contribution in [1.82, 2.24) is 24.6 Å². The fraction of sp³-hybridized carbons (Fsp3) is 0. The van der Waals surface area contributed by atoms with Crippen LogP contribution in [0.4, 0.5) is 4.79 Å². The van der Waals surface area contributed by atoms with E-state index in [1.165, 1.54) is 0 Å². The van der Waals surface area contributed by atoms with Gasteiger partial charge in [-0.15, -0.1) is 0 Å². The van der Waals surface area contributed by atoms with Crippen LogP contribution in [0.3, 0.4) is 0 Å². The van der Waals surface area contributed by atoms with E-state index in [9.17, 15) is 0 Å². The maximum absolute atomic E-state index is 8.56. The molecule has 0 aromatic rings. The summed E-state index contributed by atoms with van der Waals surface area (Å²) in [7, 11) is 0. The van der Waals surface area contributed by atoms with Gasteiger partial charge in [-0.1, -0.05) is 0 Å². The molecular formula is CH14N4O3Zn. The molecular weight excluding hydrogens is 181 g/mol. The number of carbonyl (C=O) groups is 1. The first-order chi connectivity index (χ1) is 1.73. The van der Waals surface area contributed by atoms with Gasteiger partial charge in [0.25, 0.3) is 0 Å². The minimum atomic E-state index is -1.83. The Balaban J connectivity index is -0.00000000450. The van der Waals surface area contributed by atoms with Crippen LogP contribution in [-0.4, -0.2) is 16.4 Å². The molecule has 8 heteroatoms. The second-order valence-corrected chi connectivity index (χ2v) is 0.283. The predicted molar refractivity (Wildman–Crippen MR) is 30.7 cm³/mol. The molecule has 0 fully saturated rings. The van der Waals surface area contributed by atoms with Gasteiger partial charge in [-0.05, 0) is 0 Å². The number of rotatable bonds is 0. The minimum Gasteiger partial charge on any atom is -0.450 e. The molecule has 0 atom stereocenters. The third-order valence-electron chi connectivity index (χ3n) is 0. The summed E-state index contributed by atoms with van der Waals surface area (Å²) in [6.07, 6.45) is -1.83. The topological polar surface area (TPSA) is 198 Å². The van der Waals surface area contributed by atoms with E-state index in [0.29, 0.717) is 0 Å². The molecule has 0 spiro atoms. The minimum absolute atomic E-state index is 0. The smallest absolute Gasteiger partial charge is 0.450 e. The maximum Gasteiger partial charge on any atom is 0.503 e. The molecule has 0 saturated carbocycles. The molecule has 14 N–H and O–H groups in total. The molecule has 0 aliphatic rings. The van der Waals surface area contributed by atoms with E-state index in [1.807, 2.05) is 0 Å². The monoisotopic (exact) mass is 194 g/mol. The predicted octanol–water partition coefficient (Wildman–Crippen LogP) is 0.868. The molecule has 58 valence electrons. The van der Waals surface area contributed by atoms with Crippen molar-refractivity contribution in [3.63, 3.8) is 0 Å². The molecule has 0 unspecified atom stereocenters. The molecule has 0 aliphatic carbocycles. The van der Waals surface area contributed by atoms with Crippen LogP contribution in [0, 0.1) is 0 Å². The standard InChI is InChI=1S/CH2O3.4H3N.Zn/c2-1(3)4;;;;;/h(H2,2,3,4);4*1H3;. The zero-order valence-electron chi connectivity index (χ0n) is 5.34. The van der Waals surface area contributed by atoms with E-state index in [4.69, 9.17) is 15.0 Å². The Bertz CT molecular complexity index is 38.8. The Kier molecular flexibility index (Phi) is 365. The van der Waals surface area contributed by atoms with Gasteiger partial charge in [0.2, 0.25) is 0 Å². The van der Waals surface area contributed by atoms with Crippen molar-refractivity contribution in [2.75, 3.05) is 0 Å². The third-order valence-corrected chi connectivity index (χ3v) is 0. The van der Waals surface area contributed by atoms with Gasteiger partial charge in [-0.3, -0.25) is 0 Å². The van der Waals surface area contributed by atoms with Gasteiger partial charge < -0.3 is 34.8 Å². The second kappa shape index (κ2) is 46.9. The first-order valence-electron chi connectivity index (χ1n) is 0.651. The molecule has 0 rings (SSSR count). The van der Waals surface area contributed by atoms with Crippen LogP contribution >= 0.6 is 0 Å². The summed E-state index contributed by atoms with van der Waals surface area (Å²) in [6, 6.07) is 0.